The highest BCUT2D eigenvalue weighted by Crippen LogP contribution is 2.40. The summed E-state index contributed by atoms with van der Waals surface area (Å²) in [6.07, 6.45) is 3.61. The number of benzene rings is 3. The van der Waals surface area contributed by atoms with E-state index in [-0.39, 0.29) is 11.7 Å². The van der Waals surface area contributed by atoms with Crippen molar-refractivity contribution in [3.8, 4) is 11.5 Å². The molecule has 6 heteroatoms. The highest BCUT2D eigenvalue weighted by Gasteiger charge is 2.32. The van der Waals surface area contributed by atoms with Crippen molar-refractivity contribution in [2.24, 2.45) is 0 Å². The summed E-state index contributed by atoms with van der Waals surface area (Å²) in [5, 5.41) is 11.5. The fraction of sp³-hybridized carbons (Fsp3) is 0.0800. The highest BCUT2D eigenvalue weighted by molar-refractivity contribution is 6.31. The summed E-state index contributed by atoms with van der Waals surface area (Å²) < 4.78 is 5.48. The van der Waals surface area contributed by atoms with Gasteiger partial charge >= 0.3 is 0 Å². The summed E-state index contributed by atoms with van der Waals surface area (Å²) in [4.78, 5) is 14.9. The van der Waals surface area contributed by atoms with Crippen molar-refractivity contribution in [3.63, 3.8) is 0 Å². The molecule has 0 radical (unpaired) electrons. The molecular formula is C25H19Cl2NO3. The quantitative estimate of drug-likeness (QED) is 0.446. The Labute approximate surface area is 190 Å². The molecule has 0 aromatic heterocycles. The molecule has 0 bridgehead atoms. The van der Waals surface area contributed by atoms with E-state index in [4.69, 9.17) is 27.9 Å². The number of carbonyl (C=O) groups excluding carboxylic acids is 1. The number of anilines is 1. The summed E-state index contributed by atoms with van der Waals surface area (Å²) in [6.45, 7) is 2.52. The first-order valence-corrected chi connectivity index (χ1v) is 10.5. The third kappa shape index (κ3) is 4.46. The van der Waals surface area contributed by atoms with E-state index in [9.17, 15) is 9.90 Å². The largest absolute Gasteiger partial charge is 0.506 e. The lowest BCUT2D eigenvalue weighted by Gasteiger charge is -2.22. The van der Waals surface area contributed by atoms with Gasteiger partial charge in [-0.05, 0) is 66.6 Å². The Morgan fingerprint density at radius 3 is 2.29 bits per heavy atom. The normalized spacial score (nSPS) is 14.8. The van der Waals surface area contributed by atoms with Crippen molar-refractivity contribution in [3.05, 3.63) is 99.6 Å². The second kappa shape index (κ2) is 8.88. The number of rotatable bonds is 5. The van der Waals surface area contributed by atoms with Gasteiger partial charge in [0.1, 0.15) is 11.5 Å². The van der Waals surface area contributed by atoms with Crippen LogP contribution in [-0.4, -0.2) is 17.6 Å². The molecule has 0 spiro atoms. The Morgan fingerprint density at radius 1 is 0.968 bits per heavy atom. The van der Waals surface area contributed by atoms with Crippen LogP contribution in [0.5, 0.6) is 11.5 Å². The maximum absolute atomic E-state index is 13.4. The molecule has 4 nitrogen and oxygen atoms in total. The molecule has 3 aromatic rings. The lowest BCUT2D eigenvalue weighted by Crippen LogP contribution is -2.25. The van der Waals surface area contributed by atoms with Gasteiger partial charge in [0.25, 0.3) is 5.91 Å². The third-order valence-electron chi connectivity index (χ3n) is 4.81. The van der Waals surface area contributed by atoms with Crippen molar-refractivity contribution in [1.82, 2.24) is 0 Å². The van der Waals surface area contributed by atoms with E-state index in [1.807, 2.05) is 43.3 Å². The second-order valence-electron chi connectivity index (χ2n) is 6.91. The van der Waals surface area contributed by atoms with Crippen LogP contribution in [0.4, 0.5) is 5.69 Å². The van der Waals surface area contributed by atoms with Crippen molar-refractivity contribution < 1.29 is 14.6 Å². The standard InChI is InChI=1S/C25H19Cl2NO3/c1-2-31-21-10-3-16(4-11-21)13-18-14-23(17-5-7-19(26)8-6-17)28(25(18)30)22-12-9-20(27)15-24(22)29/h3-15,29H,2H2,1H3. The predicted octanol–water partition coefficient (Wildman–Crippen LogP) is 6.57. The van der Waals surface area contributed by atoms with Crippen LogP contribution >= 0.6 is 23.2 Å². The van der Waals surface area contributed by atoms with Gasteiger partial charge in [-0.25, -0.2) is 0 Å². The summed E-state index contributed by atoms with van der Waals surface area (Å²) in [5.41, 5.74) is 3.13. The molecule has 0 fully saturated rings. The van der Waals surface area contributed by atoms with Crippen LogP contribution in [0, 0.1) is 0 Å². The first kappa shape index (κ1) is 21.0. The minimum atomic E-state index is -0.253. The van der Waals surface area contributed by atoms with Gasteiger partial charge in [-0.15, -0.1) is 0 Å². The molecule has 1 N–H and O–H groups in total. The lowest BCUT2D eigenvalue weighted by atomic mass is 10.1. The topological polar surface area (TPSA) is 49.8 Å². The number of carbonyl (C=O) groups is 1. The number of hydrogen-bond donors (Lipinski definition) is 1. The predicted molar refractivity (Wildman–Crippen MR) is 126 cm³/mol. The van der Waals surface area contributed by atoms with E-state index in [2.05, 4.69) is 0 Å². The van der Waals surface area contributed by atoms with Gasteiger partial charge in [-0.2, -0.15) is 0 Å². The molecule has 0 saturated heterocycles. The molecule has 31 heavy (non-hydrogen) atoms. The average Bonchev–Trinajstić information content (AvgIpc) is 3.06. The number of phenolic OH excluding ortho intramolecular Hbond substituents is 1. The minimum Gasteiger partial charge on any atom is -0.506 e. The number of nitrogens with zero attached hydrogens (tertiary/aromatic N) is 1. The Balaban J connectivity index is 1.78. The van der Waals surface area contributed by atoms with Gasteiger partial charge in [-0.1, -0.05) is 47.5 Å². The highest BCUT2D eigenvalue weighted by atomic mass is 35.5. The molecule has 0 saturated carbocycles. The Kier molecular flexibility index (Phi) is 6.03. The molecule has 1 heterocycles. The van der Waals surface area contributed by atoms with Gasteiger partial charge in [0, 0.05) is 21.7 Å². The van der Waals surface area contributed by atoms with Gasteiger partial charge in [0.15, 0.2) is 0 Å². The van der Waals surface area contributed by atoms with Gasteiger partial charge in [0.05, 0.1) is 18.0 Å². The van der Waals surface area contributed by atoms with Crippen LogP contribution in [0.3, 0.4) is 0 Å². The zero-order valence-corrected chi connectivity index (χ0v) is 18.2. The summed E-state index contributed by atoms with van der Waals surface area (Å²) in [6, 6.07) is 19.4. The maximum atomic E-state index is 13.4. The number of hydrogen-bond acceptors (Lipinski definition) is 3. The molecule has 4 rings (SSSR count). The molecule has 3 aromatic carbocycles. The zero-order valence-electron chi connectivity index (χ0n) is 16.7. The molecule has 0 aliphatic carbocycles. The molecule has 156 valence electrons. The van der Waals surface area contributed by atoms with Crippen LogP contribution in [-0.2, 0) is 4.79 Å². The Bertz CT molecular complexity index is 1180. The SMILES string of the molecule is CCOc1ccc(C=C2C=C(c3ccc(Cl)cc3)N(c3ccc(Cl)cc3O)C2=O)cc1. The van der Waals surface area contributed by atoms with Crippen molar-refractivity contribution >= 4 is 46.6 Å². The number of aromatic hydroxyl groups is 1. The van der Waals surface area contributed by atoms with E-state index in [0.29, 0.717) is 33.6 Å². The average molecular weight is 452 g/mol. The van der Waals surface area contributed by atoms with Crippen LogP contribution in [0.2, 0.25) is 10.0 Å². The first-order chi connectivity index (χ1) is 15.0. The second-order valence-corrected chi connectivity index (χ2v) is 7.78. The van der Waals surface area contributed by atoms with Crippen molar-refractivity contribution in [2.75, 3.05) is 11.5 Å². The number of halogens is 2. The lowest BCUT2D eigenvalue weighted by molar-refractivity contribution is -0.113. The number of amides is 1. The van der Waals surface area contributed by atoms with Crippen molar-refractivity contribution in [1.29, 1.82) is 0 Å². The van der Waals surface area contributed by atoms with E-state index in [0.717, 1.165) is 16.9 Å². The fourth-order valence-corrected chi connectivity index (χ4v) is 3.67. The van der Waals surface area contributed by atoms with Crippen molar-refractivity contribution in [2.45, 2.75) is 6.92 Å². The zero-order chi connectivity index (χ0) is 22.0. The monoisotopic (exact) mass is 451 g/mol. The smallest absolute Gasteiger partial charge is 0.263 e. The summed E-state index contributed by atoms with van der Waals surface area (Å²) in [7, 11) is 0. The molecule has 1 aliphatic rings. The minimum absolute atomic E-state index is 0.0805. The van der Waals surface area contributed by atoms with Crippen LogP contribution < -0.4 is 9.64 Å². The maximum Gasteiger partial charge on any atom is 0.263 e. The van der Waals surface area contributed by atoms with Gasteiger partial charge in [-0.3, -0.25) is 9.69 Å². The summed E-state index contributed by atoms with van der Waals surface area (Å²) >= 11 is 12.0. The molecule has 0 unspecified atom stereocenters. The van der Waals surface area contributed by atoms with Crippen LogP contribution in [0.25, 0.3) is 11.8 Å². The molecule has 0 atom stereocenters. The Hall–Kier alpha value is -3.21. The number of ether oxygens (including phenoxy) is 1. The van der Waals surface area contributed by atoms with Crippen LogP contribution in [0.15, 0.2) is 78.4 Å². The molecule has 1 aliphatic heterocycles. The summed E-state index contributed by atoms with van der Waals surface area (Å²) in [5.74, 6) is 0.437. The van der Waals surface area contributed by atoms with Gasteiger partial charge < -0.3 is 9.84 Å². The van der Waals surface area contributed by atoms with Gasteiger partial charge in [0.2, 0.25) is 0 Å². The van der Waals surface area contributed by atoms with E-state index < -0.39 is 0 Å². The molecule has 1 amide bonds. The third-order valence-corrected chi connectivity index (χ3v) is 5.30. The molecular weight excluding hydrogens is 433 g/mol. The fourth-order valence-electron chi connectivity index (χ4n) is 3.38. The van der Waals surface area contributed by atoms with E-state index in [1.165, 1.54) is 11.0 Å². The Morgan fingerprint density at radius 2 is 1.65 bits per heavy atom. The van der Waals surface area contributed by atoms with E-state index >= 15 is 0 Å². The first-order valence-electron chi connectivity index (χ1n) is 9.71. The van der Waals surface area contributed by atoms with Crippen LogP contribution in [0.1, 0.15) is 18.1 Å². The number of phenols is 1. The van der Waals surface area contributed by atoms with E-state index in [1.54, 1.807) is 36.4 Å².